The summed E-state index contributed by atoms with van der Waals surface area (Å²) in [5, 5.41) is 3.12. The van der Waals surface area contributed by atoms with Crippen LogP contribution in [0.3, 0.4) is 0 Å². The van der Waals surface area contributed by atoms with Gasteiger partial charge in [-0.25, -0.2) is 4.79 Å². The van der Waals surface area contributed by atoms with Gasteiger partial charge in [0, 0.05) is 37.8 Å². The molecule has 3 amide bonds. The molecule has 2 aliphatic rings. The number of carbonyl (C=O) groups is 3. The minimum Gasteiger partial charge on any atom is -0.450 e. The summed E-state index contributed by atoms with van der Waals surface area (Å²) in [7, 11) is 0. The second kappa shape index (κ2) is 9.57. The normalized spacial score (nSPS) is 20.5. The van der Waals surface area contributed by atoms with Crippen LogP contribution in [0.5, 0.6) is 0 Å². The van der Waals surface area contributed by atoms with Gasteiger partial charge in [-0.2, -0.15) is 0 Å². The Hall–Kier alpha value is -2.57. The Morgan fingerprint density at radius 2 is 1.75 bits per heavy atom. The molecule has 2 saturated heterocycles. The maximum Gasteiger partial charge on any atom is 0.409 e. The van der Waals surface area contributed by atoms with Gasteiger partial charge in [0.05, 0.1) is 12.5 Å². The van der Waals surface area contributed by atoms with E-state index in [1.807, 2.05) is 35.2 Å². The molecule has 7 nitrogen and oxygen atoms in total. The van der Waals surface area contributed by atoms with Crippen LogP contribution in [0.1, 0.15) is 43.0 Å². The fraction of sp³-hybridized carbons (Fsp3) is 0.571. The number of benzene rings is 1. The summed E-state index contributed by atoms with van der Waals surface area (Å²) in [6.07, 6.45) is 2.75. The first-order chi connectivity index (χ1) is 13.6. The topological polar surface area (TPSA) is 79.0 Å². The van der Waals surface area contributed by atoms with Crippen molar-refractivity contribution in [1.29, 1.82) is 0 Å². The van der Waals surface area contributed by atoms with Crippen molar-refractivity contribution < 1.29 is 19.1 Å². The van der Waals surface area contributed by atoms with E-state index >= 15 is 0 Å². The van der Waals surface area contributed by atoms with Crippen LogP contribution in [0.4, 0.5) is 4.79 Å². The molecule has 0 spiro atoms. The van der Waals surface area contributed by atoms with Crippen LogP contribution in [-0.2, 0) is 9.53 Å². The van der Waals surface area contributed by atoms with Crippen LogP contribution < -0.4 is 5.32 Å². The first-order valence-electron chi connectivity index (χ1n) is 10.1. The molecule has 28 heavy (non-hydrogen) atoms. The van der Waals surface area contributed by atoms with E-state index in [1.54, 1.807) is 11.8 Å². The molecule has 3 rings (SSSR count). The molecule has 1 atom stereocenters. The van der Waals surface area contributed by atoms with E-state index in [-0.39, 0.29) is 29.9 Å². The highest BCUT2D eigenvalue weighted by Gasteiger charge is 2.31. The minimum absolute atomic E-state index is 0.00170. The Morgan fingerprint density at radius 1 is 1.04 bits per heavy atom. The van der Waals surface area contributed by atoms with Gasteiger partial charge in [-0.15, -0.1) is 0 Å². The van der Waals surface area contributed by atoms with Crippen molar-refractivity contribution in [3.8, 4) is 0 Å². The molecule has 0 aliphatic carbocycles. The largest absolute Gasteiger partial charge is 0.450 e. The van der Waals surface area contributed by atoms with Crippen molar-refractivity contribution in [2.45, 2.75) is 38.6 Å². The second-order valence-corrected chi connectivity index (χ2v) is 7.43. The van der Waals surface area contributed by atoms with E-state index in [1.165, 1.54) is 0 Å². The summed E-state index contributed by atoms with van der Waals surface area (Å²) in [5.74, 6) is -0.147. The molecule has 0 radical (unpaired) electrons. The van der Waals surface area contributed by atoms with Gasteiger partial charge in [0.2, 0.25) is 5.91 Å². The quantitative estimate of drug-likeness (QED) is 0.860. The number of carbonyl (C=O) groups excluding carboxylic acids is 3. The molecule has 2 heterocycles. The number of piperidine rings is 2. The van der Waals surface area contributed by atoms with Crippen LogP contribution in [0.2, 0.25) is 0 Å². The van der Waals surface area contributed by atoms with E-state index in [0.717, 1.165) is 25.7 Å². The van der Waals surface area contributed by atoms with Gasteiger partial charge in [-0.3, -0.25) is 9.59 Å². The zero-order valence-corrected chi connectivity index (χ0v) is 16.4. The number of amides is 3. The van der Waals surface area contributed by atoms with Gasteiger partial charge in [-0.05, 0) is 44.7 Å². The van der Waals surface area contributed by atoms with Crippen molar-refractivity contribution >= 4 is 17.9 Å². The fourth-order valence-electron chi connectivity index (χ4n) is 3.88. The van der Waals surface area contributed by atoms with Gasteiger partial charge in [0.25, 0.3) is 5.91 Å². The molecule has 1 aromatic carbocycles. The van der Waals surface area contributed by atoms with Crippen molar-refractivity contribution in [2.24, 2.45) is 5.92 Å². The van der Waals surface area contributed by atoms with Crippen LogP contribution in [0.15, 0.2) is 30.3 Å². The lowest BCUT2D eigenvalue weighted by Gasteiger charge is -2.35. The summed E-state index contributed by atoms with van der Waals surface area (Å²) in [6.45, 7) is 4.45. The number of nitrogens with one attached hydrogen (secondary N) is 1. The summed E-state index contributed by atoms with van der Waals surface area (Å²) >= 11 is 0. The van der Waals surface area contributed by atoms with Crippen LogP contribution >= 0.6 is 0 Å². The summed E-state index contributed by atoms with van der Waals surface area (Å²) in [5.41, 5.74) is 0.700. The number of rotatable bonds is 4. The molecule has 0 saturated carbocycles. The molecule has 2 fully saturated rings. The maximum absolute atomic E-state index is 12.7. The molecule has 1 N–H and O–H groups in total. The molecule has 0 aromatic heterocycles. The summed E-state index contributed by atoms with van der Waals surface area (Å²) in [6, 6.07) is 9.36. The van der Waals surface area contributed by atoms with Gasteiger partial charge in [0.1, 0.15) is 0 Å². The third kappa shape index (κ3) is 5.03. The Labute approximate surface area is 166 Å². The molecular formula is C21H29N3O4. The molecule has 7 heteroatoms. The highest BCUT2D eigenvalue weighted by molar-refractivity contribution is 5.94. The molecular weight excluding hydrogens is 358 g/mol. The molecule has 1 unspecified atom stereocenters. The molecule has 0 bridgehead atoms. The van der Waals surface area contributed by atoms with Crippen LogP contribution in [-0.4, -0.2) is 66.5 Å². The highest BCUT2D eigenvalue weighted by Crippen LogP contribution is 2.19. The van der Waals surface area contributed by atoms with Gasteiger partial charge >= 0.3 is 6.09 Å². The number of hydrogen-bond acceptors (Lipinski definition) is 4. The predicted molar refractivity (Wildman–Crippen MR) is 105 cm³/mol. The lowest BCUT2D eigenvalue weighted by Crippen LogP contribution is -2.50. The molecule has 152 valence electrons. The lowest BCUT2D eigenvalue weighted by molar-refractivity contribution is -0.127. The van der Waals surface area contributed by atoms with E-state index in [2.05, 4.69) is 5.32 Å². The third-order valence-electron chi connectivity index (χ3n) is 5.47. The number of nitrogens with zero attached hydrogens (tertiary/aromatic N) is 2. The van der Waals surface area contributed by atoms with E-state index < -0.39 is 0 Å². The Kier molecular flexibility index (Phi) is 6.90. The smallest absolute Gasteiger partial charge is 0.409 e. The molecule has 1 aromatic rings. The SMILES string of the molecule is CCOC(=O)N1CCCC(C(=O)NC2CCN(C(=O)c3ccccc3)CC2)C1. The Bertz CT molecular complexity index is 686. The average Bonchev–Trinajstić information content (AvgIpc) is 2.74. The zero-order chi connectivity index (χ0) is 19.9. The zero-order valence-electron chi connectivity index (χ0n) is 16.4. The van der Waals surface area contributed by atoms with Crippen molar-refractivity contribution in [3.63, 3.8) is 0 Å². The first kappa shape index (κ1) is 20.2. The number of likely N-dealkylation sites (tertiary alicyclic amines) is 2. The molecule has 2 aliphatic heterocycles. The van der Waals surface area contributed by atoms with Crippen molar-refractivity contribution in [3.05, 3.63) is 35.9 Å². The van der Waals surface area contributed by atoms with Crippen LogP contribution in [0, 0.1) is 5.92 Å². The highest BCUT2D eigenvalue weighted by atomic mass is 16.6. The number of ether oxygens (including phenoxy) is 1. The van der Waals surface area contributed by atoms with Crippen molar-refractivity contribution in [2.75, 3.05) is 32.8 Å². The average molecular weight is 387 g/mol. The summed E-state index contributed by atoms with van der Waals surface area (Å²) in [4.78, 5) is 40.6. The minimum atomic E-state index is -0.340. The summed E-state index contributed by atoms with van der Waals surface area (Å²) < 4.78 is 5.05. The van der Waals surface area contributed by atoms with E-state index in [0.29, 0.717) is 38.3 Å². The van der Waals surface area contributed by atoms with E-state index in [4.69, 9.17) is 4.74 Å². The van der Waals surface area contributed by atoms with Gasteiger partial charge in [0.15, 0.2) is 0 Å². The third-order valence-corrected chi connectivity index (χ3v) is 5.47. The lowest BCUT2D eigenvalue weighted by atomic mass is 9.96. The monoisotopic (exact) mass is 387 g/mol. The van der Waals surface area contributed by atoms with Crippen LogP contribution in [0.25, 0.3) is 0 Å². The standard InChI is InChI=1S/C21H29N3O4/c1-2-28-21(27)24-12-6-9-17(15-24)19(25)22-18-10-13-23(14-11-18)20(26)16-7-4-3-5-8-16/h3-5,7-8,17-18H,2,6,9-15H2,1H3,(H,22,25). The second-order valence-electron chi connectivity index (χ2n) is 7.43. The fourth-order valence-corrected chi connectivity index (χ4v) is 3.88. The van der Waals surface area contributed by atoms with Gasteiger partial charge in [-0.1, -0.05) is 18.2 Å². The van der Waals surface area contributed by atoms with Gasteiger partial charge < -0.3 is 19.9 Å². The number of hydrogen-bond donors (Lipinski definition) is 1. The Balaban J connectivity index is 1.46. The van der Waals surface area contributed by atoms with Crippen molar-refractivity contribution in [1.82, 2.24) is 15.1 Å². The predicted octanol–water partition coefficient (Wildman–Crippen LogP) is 2.28. The van der Waals surface area contributed by atoms with E-state index in [9.17, 15) is 14.4 Å². The Morgan fingerprint density at radius 3 is 2.43 bits per heavy atom. The first-order valence-corrected chi connectivity index (χ1v) is 10.1. The maximum atomic E-state index is 12.7.